The number of rotatable bonds is 5. The maximum Gasteiger partial charge on any atom is 0.333 e. The second-order valence-electron chi connectivity index (χ2n) is 6.83. The number of esters is 1. The van der Waals surface area contributed by atoms with E-state index in [1.54, 1.807) is 18.3 Å². The molecule has 146 valence electrons. The van der Waals surface area contributed by atoms with Crippen molar-refractivity contribution >= 4 is 28.6 Å². The van der Waals surface area contributed by atoms with Crippen molar-refractivity contribution in [1.29, 1.82) is 0 Å². The summed E-state index contributed by atoms with van der Waals surface area (Å²) in [5.41, 5.74) is 3.03. The fraction of sp³-hybridized carbons (Fsp3) is 0.136. The van der Waals surface area contributed by atoms with E-state index in [1.165, 1.54) is 12.1 Å². The third-order valence-electron chi connectivity index (χ3n) is 4.77. The lowest BCUT2D eigenvalue weighted by Gasteiger charge is -2.06. The second kappa shape index (κ2) is 7.35. The first-order valence-electron chi connectivity index (χ1n) is 8.98. The Labute approximate surface area is 165 Å². The highest BCUT2D eigenvalue weighted by molar-refractivity contribution is 6.45. The number of aromatic nitrogens is 1. The van der Waals surface area contributed by atoms with E-state index in [0.717, 1.165) is 22.7 Å². The van der Waals surface area contributed by atoms with E-state index in [1.807, 2.05) is 29.7 Å². The molecule has 0 atom stereocenters. The Kier molecular flexibility index (Phi) is 4.72. The number of hydrogen-bond donors (Lipinski definition) is 1. The topological polar surface area (TPSA) is 77.4 Å². The summed E-state index contributed by atoms with van der Waals surface area (Å²) in [5.74, 6) is -2.42. The second-order valence-corrected chi connectivity index (χ2v) is 6.83. The van der Waals surface area contributed by atoms with Crippen molar-refractivity contribution in [2.45, 2.75) is 13.5 Å². The van der Waals surface area contributed by atoms with Gasteiger partial charge in [0.05, 0.1) is 11.3 Å². The molecule has 6 nitrogen and oxygen atoms in total. The number of fused-ring (bicyclic) bond motifs is 1. The number of carbonyl (C=O) groups excluding carboxylic acids is 3. The summed E-state index contributed by atoms with van der Waals surface area (Å²) < 4.78 is 19.8. The van der Waals surface area contributed by atoms with Gasteiger partial charge in [-0.25, -0.2) is 9.18 Å². The molecule has 7 heteroatoms. The molecule has 0 spiro atoms. The van der Waals surface area contributed by atoms with Crippen LogP contribution in [0, 0.1) is 12.7 Å². The zero-order chi connectivity index (χ0) is 20.5. The molecule has 2 aromatic carbocycles. The SMILES string of the molecule is Cc1cccc2c1c(C(=O)C(=O)NC1=CC(=O)OC1)cn2Cc1ccc(F)cc1. The van der Waals surface area contributed by atoms with Crippen LogP contribution in [0.4, 0.5) is 4.39 Å². The van der Waals surface area contributed by atoms with Crippen molar-refractivity contribution in [3.05, 3.63) is 82.9 Å². The summed E-state index contributed by atoms with van der Waals surface area (Å²) in [4.78, 5) is 36.4. The van der Waals surface area contributed by atoms with Gasteiger partial charge in [0.2, 0.25) is 0 Å². The smallest absolute Gasteiger partial charge is 0.333 e. The van der Waals surface area contributed by atoms with E-state index in [2.05, 4.69) is 5.32 Å². The van der Waals surface area contributed by atoms with Crippen molar-refractivity contribution in [1.82, 2.24) is 9.88 Å². The summed E-state index contributed by atoms with van der Waals surface area (Å²) in [5, 5.41) is 3.12. The first-order chi connectivity index (χ1) is 13.9. The van der Waals surface area contributed by atoms with Gasteiger partial charge in [-0.2, -0.15) is 0 Å². The number of nitrogens with zero attached hydrogens (tertiary/aromatic N) is 1. The largest absolute Gasteiger partial charge is 0.456 e. The van der Waals surface area contributed by atoms with Gasteiger partial charge >= 0.3 is 5.97 Å². The van der Waals surface area contributed by atoms with Gasteiger partial charge in [0.25, 0.3) is 11.7 Å². The van der Waals surface area contributed by atoms with E-state index in [9.17, 15) is 18.8 Å². The zero-order valence-electron chi connectivity index (χ0n) is 15.6. The molecule has 0 radical (unpaired) electrons. The number of aryl methyl sites for hydroxylation is 1. The Balaban J connectivity index is 1.69. The quantitative estimate of drug-likeness (QED) is 0.412. The van der Waals surface area contributed by atoms with Crippen molar-refractivity contribution in [3.8, 4) is 0 Å². The molecule has 1 aliphatic heterocycles. The molecular formula is C22H17FN2O4. The number of benzene rings is 2. The molecule has 0 bridgehead atoms. The van der Waals surface area contributed by atoms with Crippen LogP contribution in [-0.4, -0.2) is 28.8 Å². The van der Waals surface area contributed by atoms with E-state index in [-0.39, 0.29) is 23.7 Å². The molecule has 1 N–H and O–H groups in total. The van der Waals surface area contributed by atoms with Crippen molar-refractivity contribution in [2.75, 3.05) is 6.61 Å². The Morgan fingerprint density at radius 1 is 1.17 bits per heavy atom. The Morgan fingerprint density at radius 2 is 1.93 bits per heavy atom. The summed E-state index contributed by atoms with van der Waals surface area (Å²) in [6.07, 6.45) is 2.78. The van der Waals surface area contributed by atoms with Crippen molar-refractivity contribution in [3.63, 3.8) is 0 Å². The van der Waals surface area contributed by atoms with E-state index in [0.29, 0.717) is 11.9 Å². The molecule has 0 saturated heterocycles. The molecule has 4 rings (SSSR count). The average Bonchev–Trinajstić information content (AvgIpc) is 3.27. The third kappa shape index (κ3) is 3.67. The summed E-state index contributed by atoms with van der Waals surface area (Å²) in [7, 11) is 0. The summed E-state index contributed by atoms with van der Waals surface area (Å²) >= 11 is 0. The average molecular weight is 392 g/mol. The summed E-state index contributed by atoms with van der Waals surface area (Å²) in [6, 6.07) is 11.7. The standard InChI is InChI=1S/C22H17FN2O4/c1-13-3-2-4-18-20(13)17(11-25(18)10-14-5-7-15(23)8-6-14)21(27)22(28)24-16-9-19(26)29-12-16/h2-9,11H,10,12H2,1H3,(H,24,28). The molecule has 3 aromatic rings. The van der Waals surface area contributed by atoms with Crippen LogP contribution < -0.4 is 5.32 Å². The number of nitrogens with one attached hydrogen (secondary N) is 1. The lowest BCUT2D eigenvalue weighted by atomic mass is 10.0. The molecule has 2 heterocycles. The molecule has 29 heavy (non-hydrogen) atoms. The Bertz CT molecular complexity index is 1180. The molecule has 0 unspecified atom stereocenters. The highest BCUT2D eigenvalue weighted by Gasteiger charge is 2.25. The fourth-order valence-electron chi connectivity index (χ4n) is 3.39. The first-order valence-corrected chi connectivity index (χ1v) is 8.98. The van der Waals surface area contributed by atoms with E-state index in [4.69, 9.17) is 4.74 Å². The van der Waals surface area contributed by atoms with Gasteiger partial charge in [0.1, 0.15) is 12.4 Å². The zero-order valence-corrected chi connectivity index (χ0v) is 15.6. The van der Waals surface area contributed by atoms with Crippen LogP contribution >= 0.6 is 0 Å². The van der Waals surface area contributed by atoms with Crippen molar-refractivity contribution in [2.24, 2.45) is 0 Å². The van der Waals surface area contributed by atoms with Gasteiger partial charge < -0.3 is 14.6 Å². The maximum atomic E-state index is 13.2. The number of Topliss-reactive ketones (excluding diaryl/α,β-unsaturated/α-hetero) is 1. The third-order valence-corrected chi connectivity index (χ3v) is 4.77. The molecule has 1 amide bonds. The Hall–Kier alpha value is -3.74. The van der Waals surface area contributed by atoms with Crippen LogP contribution in [0.1, 0.15) is 21.5 Å². The Morgan fingerprint density at radius 3 is 2.62 bits per heavy atom. The van der Waals surface area contributed by atoms with Gasteiger partial charge in [-0.3, -0.25) is 9.59 Å². The van der Waals surface area contributed by atoms with Gasteiger partial charge in [-0.05, 0) is 36.2 Å². The van der Waals surface area contributed by atoms with E-state index < -0.39 is 17.7 Å². The van der Waals surface area contributed by atoms with Gasteiger partial charge in [0.15, 0.2) is 0 Å². The molecule has 1 aliphatic rings. The first kappa shape index (κ1) is 18.6. The van der Waals surface area contributed by atoms with Gasteiger partial charge in [0, 0.05) is 29.7 Å². The monoisotopic (exact) mass is 392 g/mol. The number of hydrogen-bond acceptors (Lipinski definition) is 4. The number of halogens is 1. The van der Waals surface area contributed by atoms with Crippen LogP contribution in [0.5, 0.6) is 0 Å². The molecule has 0 fully saturated rings. The molecule has 0 aliphatic carbocycles. The number of ketones is 1. The maximum absolute atomic E-state index is 13.2. The lowest BCUT2D eigenvalue weighted by molar-refractivity contribution is -0.135. The molecule has 1 aromatic heterocycles. The van der Waals surface area contributed by atoms with Crippen LogP contribution in [0.15, 0.2) is 60.4 Å². The van der Waals surface area contributed by atoms with Crippen LogP contribution in [0.25, 0.3) is 10.9 Å². The normalized spacial score (nSPS) is 13.3. The van der Waals surface area contributed by atoms with Crippen LogP contribution in [0.2, 0.25) is 0 Å². The molecule has 0 saturated carbocycles. The minimum Gasteiger partial charge on any atom is -0.456 e. The van der Waals surface area contributed by atoms with Crippen molar-refractivity contribution < 1.29 is 23.5 Å². The van der Waals surface area contributed by atoms with E-state index >= 15 is 0 Å². The number of amides is 1. The van der Waals surface area contributed by atoms with Gasteiger partial charge in [-0.15, -0.1) is 0 Å². The minimum absolute atomic E-state index is 0.0663. The number of carbonyl (C=O) groups is 3. The highest BCUT2D eigenvalue weighted by atomic mass is 19.1. The number of ether oxygens (including phenoxy) is 1. The predicted molar refractivity (Wildman–Crippen MR) is 104 cm³/mol. The minimum atomic E-state index is -0.835. The molecular weight excluding hydrogens is 375 g/mol. The summed E-state index contributed by atoms with van der Waals surface area (Å²) in [6.45, 7) is 2.22. The number of cyclic esters (lactones) is 1. The highest BCUT2D eigenvalue weighted by Crippen LogP contribution is 2.26. The van der Waals surface area contributed by atoms with Crippen LogP contribution in [-0.2, 0) is 20.9 Å². The lowest BCUT2D eigenvalue weighted by Crippen LogP contribution is -2.31. The fourth-order valence-corrected chi connectivity index (χ4v) is 3.39. The van der Waals surface area contributed by atoms with Crippen LogP contribution in [0.3, 0.4) is 0 Å². The predicted octanol–water partition coefficient (Wildman–Crippen LogP) is 2.88. The van der Waals surface area contributed by atoms with Gasteiger partial charge in [-0.1, -0.05) is 24.3 Å².